The molecule has 0 amide bonds. The van der Waals surface area contributed by atoms with Gasteiger partial charge in [-0.3, -0.25) is 4.72 Å². The molecule has 1 aromatic carbocycles. The molecule has 2 aromatic heterocycles. The molecule has 26 heavy (non-hydrogen) atoms. The lowest BCUT2D eigenvalue weighted by atomic mass is 10.2. The monoisotopic (exact) mass is 373 g/mol. The maximum Gasteiger partial charge on any atom is 0.263 e. The van der Waals surface area contributed by atoms with Crippen LogP contribution in [0.1, 0.15) is 13.8 Å². The van der Waals surface area contributed by atoms with Crippen molar-refractivity contribution in [1.29, 1.82) is 0 Å². The number of hydrogen-bond donors (Lipinski definition) is 1. The Morgan fingerprint density at radius 3 is 2.73 bits per heavy atom. The highest BCUT2D eigenvalue weighted by Crippen LogP contribution is 2.23. The van der Waals surface area contributed by atoms with Crippen molar-refractivity contribution in [2.75, 3.05) is 11.3 Å². The van der Waals surface area contributed by atoms with Crippen LogP contribution in [-0.4, -0.2) is 34.8 Å². The molecular formula is C17H19N5O3S. The van der Waals surface area contributed by atoms with E-state index in [0.717, 1.165) is 12.1 Å². The van der Waals surface area contributed by atoms with Crippen LogP contribution in [0.2, 0.25) is 0 Å². The highest BCUT2D eigenvalue weighted by atomic mass is 32.2. The zero-order chi connectivity index (χ0) is 18.6. The second kappa shape index (κ2) is 7.52. The molecule has 8 nitrogen and oxygen atoms in total. The van der Waals surface area contributed by atoms with Gasteiger partial charge in [0.15, 0.2) is 5.82 Å². The number of pyridine rings is 1. The minimum atomic E-state index is -3.76. The van der Waals surface area contributed by atoms with Gasteiger partial charge in [-0.2, -0.15) is 0 Å². The summed E-state index contributed by atoms with van der Waals surface area (Å²) in [4.78, 5) is 4.05. The summed E-state index contributed by atoms with van der Waals surface area (Å²) in [5.41, 5.74) is 1.21. The summed E-state index contributed by atoms with van der Waals surface area (Å²) in [7, 11) is -3.76. The van der Waals surface area contributed by atoms with Gasteiger partial charge in [-0.15, -0.1) is 10.2 Å². The molecule has 0 aliphatic rings. The normalized spacial score (nSPS) is 11.3. The molecule has 0 aliphatic heterocycles. The fourth-order valence-corrected chi connectivity index (χ4v) is 3.40. The Balaban J connectivity index is 1.85. The highest BCUT2D eigenvalue weighted by Gasteiger charge is 2.16. The van der Waals surface area contributed by atoms with Crippen LogP contribution in [-0.2, 0) is 16.6 Å². The number of rotatable bonds is 7. The van der Waals surface area contributed by atoms with E-state index in [1.165, 1.54) is 18.3 Å². The van der Waals surface area contributed by atoms with E-state index in [2.05, 4.69) is 19.9 Å². The van der Waals surface area contributed by atoms with Crippen LogP contribution in [0.3, 0.4) is 0 Å². The minimum absolute atomic E-state index is 0.0584. The Kier molecular flexibility index (Phi) is 5.17. The molecule has 0 saturated heterocycles. The number of hydrogen-bond acceptors (Lipinski definition) is 6. The van der Waals surface area contributed by atoms with E-state index >= 15 is 0 Å². The number of aromatic nitrogens is 4. The number of sulfonamides is 1. The summed E-state index contributed by atoms with van der Waals surface area (Å²) in [6.45, 7) is 5.00. The van der Waals surface area contributed by atoms with Gasteiger partial charge in [0.1, 0.15) is 11.2 Å². The lowest BCUT2D eigenvalue weighted by Crippen LogP contribution is -2.13. The molecule has 136 valence electrons. The molecule has 3 rings (SSSR count). The maximum absolute atomic E-state index is 12.6. The maximum atomic E-state index is 12.6. The quantitative estimate of drug-likeness (QED) is 0.683. The van der Waals surface area contributed by atoms with Gasteiger partial charge in [0.2, 0.25) is 5.88 Å². The van der Waals surface area contributed by atoms with Gasteiger partial charge in [0, 0.05) is 23.9 Å². The summed E-state index contributed by atoms with van der Waals surface area (Å²) in [6, 6.07) is 9.99. The Bertz CT molecular complexity index is 984. The fourth-order valence-electron chi connectivity index (χ4n) is 2.40. The topological polar surface area (TPSA) is 99.0 Å². The zero-order valence-electron chi connectivity index (χ0n) is 14.5. The molecule has 0 unspecified atom stereocenters. The first-order chi connectivity index (χ1) is 12.5. The minimum Gasteiger partial charge on any atom is -0.478 e. The molecule has 0 aliphatic carbocycles. The van der Waals surface area contributed by atoms with E-state index in [1.807, 2.05) is 24.5 Å². The molecule has 0 atom stereocenters. The molecule has 1 N–H and O–H groups in total. The second-order valence-corrected chi connectivity index (χ2v) is 7.07. The molecule has 2 heterocycles. The highest BCUT2D eigenvalue weighted by molar-refractivity contribution is 7.92. The number of nitrogens with zero attached hydrogens (tertiary/aromatic N) is 4. The third-order valence-corrected chi connectivity index (χ3v) is 5.01. The average Bonchev–Trinajstić information content (AvgIpc) is 3.11. The van der Waals surface area contributed by atoms with Crippen LogP contribution < -0.4 is 9.46 Å². The van der Waals surface area contributed by atoms with Crippen molar-refractivity contribution >= 4 is 15.7 Å². The predicted octanol–water partition coefficient (Wildman–Crippen LogP) is 2.56. The summed E-state index contributed by atoms with van der Waals surface area (Å²) in [6.07, 6.45) is 2.91. The van der Waals surface area contributed by atoms with Gasteiger partial charge in [-0.25, -0.2) is 13.4 Å². The van der Waals surface area contributed by atoms with Crippen molar-refractivity contribution in [1.82, 2.24) is 19.7 Å². The lowest BCUT2D eigenvalue weighted by molar-refractivity contribution is 0.326. The summed E-state index contributed by atoms with van der Waals surface area (Å²) < 4.78 is 34.8. The van der Waals surface area contributed by atoms with E-state index < -0.39 is 10.0 Å². The van der Waals surface area contributed by atoms with Crippen molar-refractivity contribution in [3.8, 4) is 17.3 Å². The predicted molar refractivity (Wildman–Crippen MR) is 97.3 cm³/mol. The Labute approximate surface area is 151 Å². The first kappa shape index (κ1) is 17.9. The van der Waals surface area contributed by atoms with Gasteiger partial charge in [0.25, 0.3) is 10.0 Å². The van der Waals surface area contributed by atoms with Crippen LogP contribution >= 0.6 is 0 Å². The van der Waals surface area contributed by atoms with Crippen molar-refractivity contribution in [2.24, 2.45) is 0 Å². The molecule has 0 bridgehead atoms. The largest absolute Gasteiger partial charge is 0.478 e. The van der Waals surface area contributed by atoms with Gasteiger partial charge in [0.05, 0.1) is 12.8 Å². The standard InChI is InChI=1S/C17H19N5O3S/c1-3-22-12-19-20-17(22)13-6-5-7-14(10-13)21-26(23,24)15-8-9-16(18-11-15)25-4-2/h5-12,21H,3-4H2,1-2H3. The molecule has 9 heteroatoms. The third-order valence-electron chi connectivity index (χ3n) is 3.64. The van der Waals surface area contributed by atoms with Crippen molar-refractivity contribution < 1.29 is 13.2 Å². The van der Waals surface area contributed by atoms with E-state index in [0.29, 0.717) is 24.0 Å². The van der Waals surface area contributed by atoms with Crippen LogP contribution in [0.25, 0.3) is 11.4 Å². The Morgan fingerprint density at radius 2 is 2.04 bits per heavy atom. The summed E-state index contributed by atoms with van der Waals surface area (Å²) in [5, 5.41) is 7.99. The second-order valence-electron chi connectivity index (χ2n) is 5.39. The van der Waals surface area contributed by atoms with Crippen LogP contribution in [0.15, 0.2) is 53.8 Å². The molecule has 3 aromatic rings. The molecule has 0 radical (unpaired) electrons. The lowest BCUT2D eigenvalue weighted by Gasteiger charge is -2.10. The Morgan fingerprint density at radius 1 is 1.19 bits per heavy atom. The molecular weight excluding hydrogens is 354 g/mol. The summed E-state index contributed by atoms with van der Waals surface area (Å²) in [5.74, 6) is 1.06. The average molecular weight is 373 g/mol. The van der Waals surface area contributed by atoms with Crippen LogP contribution in [0, 0.1) is 0 Å². The van der Waals surface area contributed by atoms with Gasteiger partial charge in [-0.05, 0) is 32.0 Å². The SMILES string of the molecule is CCOc1ccc(S(=O)(=O)Nc2cccc(-c3nncn3CC)c2)cn1. The van der Waals surface area contributed by atoms with E-state index in [4.69, 9.17) is 4.74 Å². The third kappa shape index (κ3) is 3.83. The van der Waals surface area contributed by atoms with E-state index in [9.17, 15) is 8.42 Å². The van der Waals surface area contributed by atoms with Crippen molar-refractivity contribution in [3.63, 3.8) is 0 Å². The summed E-state index contributed by atoms with van der Waals surface area (Å²) >= 11 is 0. The van der Waals surface area contributed by atoms with Crippen molar-refractivity contribution in [2.45, 2.75) is 25.3 Å². The van der Waals surface area contributed by atoms with Crippen LogP contribution in [0.5, 0.6) is 5.88 Å². The van der Waals surface area contributed by atoms with E-state index in [-0.39, 0.29) is 4.90 Å². The molecule has 0 spiro atoms. The molecule has 0 saturated carbocycles. The molecule has 0 fully saturated rings. The number of aryl methyl sites for hydroxylation is 1. The Hall–Kier alpha value is -2.94. The fraction of sp³-hybridized carbons (Fsp3) is 0.235. The first-order valence-electron chi connectivity index (χ1n) is 8.13. The van der Waals surface area contributed by atoms with E-state index in [1.54, 1.807) is 24.5 Å². The smallest absolute Gasteiger partial charge is 0.263 e. The van der Waals surface area contributed by atoms with Crippen LogP contribution in [0.4, 0.5) is 5.69 Å². The van der Waals surface area contributed by atoms with Crippen molar-refractivity contribution in [3.05, 3.63) is 48.9 Å². The zero-order valence-corrected chi connectivity index (χ0v) is 15.3. The van der Waals surface area contributed by atoms with Gasteiger partial charge < -0.3 is 9.30 Å². The van der Waals surface area contributed by atoms with Gasteiger partial charge in [-0.1, -0.05) is 12.1 Å². The number of ether oxygens (including phenoxy) is 1. The first-order valence-corrected chi connectivity index (χ1v) is 9.61. The number of anilines is 1. The number of nitrogens with one attached hydrogen (secondary N) is 1. The van der Waals surface area contributed by atoms with Gasteiger partial charge >= 0.3 is 0 Å². The number of benzene rings is 1.